The Kier molecular flexibility index (Phi) is 5.96. The molecule has 1 aromatic carbocycles. The van der Waals surface area contributed by atoms with Crippen LogP contribution in [-0.2, 0) is 4.79 Å². The van der Waals surface area contributed by atoms with E-state index in [-0.39, 0.29) is 28.7 Å². The molecular formula is C19H21N7O3. The maximum Gasteiger partial charge on any atom is 0.347 e. The van der Waals surface area contributed by atoms with Crippen LogP contribution in [0.5, 0.6) is 0 Å². The number of nitrogens with one attached hydrogen (secondary N) is 2. The van der Waals surface area contributed by atoms with E-state index in [2.05, 4.69) is 25.6 Å². The van der Waals surface area contributed by atoms with Gasteiger partial charge in [0.2, 0.25) is 11.9 Å². The number of anilines is 3. The maximum atomic E-state index is 12.0. The Hall–Kier alpha value is -3.63. The van der Waals surface area contributed by atoms with Gasteiger partial charge >= 0.3 is 5.91 Å². The minimum absolute atomic E-state index is 0.0111. The van der Waals surface area contributed by atoms with E-state index in [1.54, 1.807) is 12.3 Å². The predicted molar refractivity (Wildman–Crippen MR) is 108 cm³/mol. The minimum atomic E-state index is -0.767. The van der Waals surface area contributed by atoms with Crippen LogP contribution < -0.4 is 21.8 Å². The number of quaternary nitrogens is 1. The molecule has 0 aliphatic carbocycles. The van der Waals surface area contributed by atoms with E-state index in [0.717, 1.165) is 10.9 Å². The Labute approximate surface area is 166 Å². The highest BCUT2D eigenvalue weighted by molar-refractivity contribution is 5.94. The fraction of sp³-hybridized carbons (Fsp3) is 0.211. The monoisotopic (exact) mass is 395 g/mol. The number of aromatic nitrogens is 3. The highest BCUT2D eigenvalue weighted by Gasteiger charge is 2.22. The van der Waals surface area contributed by atoms with E-state index in [0.29, 0.717) is 5.69 Å². The Bertz CT molecular complexity index is 1050. The molecule has 6 N–H and O–H groups in total. The van der Waals surface area contributed by atoms with Gasteiger partial charge in [0.15, 0.2) is 5.82 Å². The Morgan fingerprint density at radius 3 is 2.69 bits per heavy atom. The van der Waals surface area contributed by atoms with Crippen molar-refractivity contribution in [1.82, 2.24) is 15.0 Å². The third-order valence-corrected chi connectivity index (χ3v) is 4.28. The summed E-state index contributed by atoms with van der Waals surface area (Å²) >= 11 is 0. The summed E-state index contributed by atoms with van der Waals surface area (Å²) < 4.78 is 0. The predicted octanol–water partition coefficient (Wildman–Crippen LogP) is 0.892. The minimum Gasteiger partial charge on any atom is -0.628 e. The lowest BCUT2D eigenvalue weighted by Gasteiger charge is -2.19. The SMILES string of the molecule is CC(C)[C@@H](Nc1ncc(C(=O)[NH2+][O-])c(Nc2ccc3ncccc3c2)n1)C(N)=O. The van der Waals surface area contributed by atoms with Crippen LogP contribution in [0.1, 0.15) is 24.2 Å². The first-order valence-corrected chi connectivity index (χ1v) is 8.93. The molecule has 10 nitrogen and oxygen atoms in total. The molecule has 2 heterocycles. The highest BCUT2D eigenvalue weighted by atomic mass is 16.5. The second-order valence-corrected chi connectivity index (χ2v) is 6.74. The van der Waals surface area contributed by atoms with Crippen molar-refractivity contribution in [1.29, 1.82) is 0 Å². The van der Waals surface area contributed by atoms with Gasteiger partial charge in [-0.2, -0.15) is 4.98 Å². The summed E-state index contributed by atoms with van der Waals surface area (Å²) in [5.74, 6) is -1.17. The summed E-state index contributed by atoms with van der Waals surface area (Å²) in [5, 5.41) is 17.8. The van der Waals surface area contributed by atoms with Gasteiger partial charge in [-0.05, 0) is 30.2 Å². The van der Waals surface area contributed by atoms with Crippen molar-refractivity contribution in [3.63, 3.8) is 0 Å². The number of benzene rings is 1. The van der Waals surface area contributed by atoms with E-state index in [4.69, 9.17) is 5.73 Å². The quantitative estimate of drug-likeness (QED) is 0.429. The fourth-order valence-electron chi connectivity index (χ4n) is 2.79. The van der Waals surface area contributed by atoms with Crippen LogP contribution in [0.4, 0.5) is 17.5 Å². The first-order chi connectivity index (χ1) is 13.9. The topological polar surface area (TPSA) is 163 Å². The Balaban J connectivity index is 1.97. The van der Waals surface area contributed by atoms with Crippen LogP contribution in [0.3, 0.4) is 0 Å². The summed E-state index contributed by atoms with van der Waals surface area (Å²) in [6, 6.07) is 8.46. The average molecular weight is 395 g/mol. The van der Waals surface area contributed by atoms with Crippen LogP contribution in [0, 0.1) is 11.1 Å². The van der Waals surface area contributed by atoms with E-state index in [1.807, 2.05) is 38.1 Å². The number of rotatable bonds is 7. The van der Waals surface area contributed by atoms with Gasteiger partial charge < -0.3 is 27.1 Å². The van der Waals surface area contributed by atoms with Crippen LogP contribution in [-0.4, -0.2) is 32.8 Å². The Morgan fingerprint density at radius 2 is 2.00 bits per heavy atom. The number of primary amides is 2. The number of hydroxylamine groups is 1. The third-order valence-electron chi connectivity index (χ3n) is 4.28. The van der Waals surface area contributed by atoms with Crippen molar-refractivity contribution in [3.8, 4) is 0 Å². The molecule has 0 saturated heterocycles. The van der Waals surface area contributed by atoms with Crippen molar-refractivity contribution < 1.29 is 15.1 Å². The molecule has 0 radical (unpaired) electrons. The molecule has 150 valence electrons. The number of fused-ring (bicyclic) bond motifs is 1. The number of nitrogens with two attached hydrogens (primary N) is 2. The molecule has 0 fully saturated rings. The van der Waals surface area contributed by atoms with E-state index >= 15 is 0 Å². The zero-order valence-corrected chi connectivity index (χ0v) is 15.9. The lowest BCUT2D eigenvalue weighted by atomic mass is 10.0. The normalized spacial score (nSPS) is 12.0. The van der Waals surface area contributed by atoms with Gasteiger partial charge in [-0.25, -0.2) is 9.78 Å². The number of pyridine rings is 1. The molecule has 0 aliphatic rings. The molecule has 0 spiro atoms. The number of nitrogens with zero attached hydrogens (tertiary/aromatic N) is 3. The Morgan fingerprint density at radius 1 is 1.21 bits per heavy atom. The van der Waals surface area contributed by atoms with Crippen molar-refractivity contribution in [3.05, 3.63) is 53.5 Å². The summed E-state index contributed by atoms with van der Waals surface area (Å²) in [7, 11) is 0. The number of carbonyl (C=O) groups excluding carboxylic acids is 2. The van der Waals surface area contributed by atoms with Crippen molar-refractivity contribution in [2.45, 2.75) is 19.9 Å². The number of amides is 2. The second-order valence-electron chi connectivity index (χ2n) is 6.74. The molecule has 10 heteroatoms. The van der Waals surface area contributed by atoms with Gasteiger partial charge in [0, 0.05) is 17.3 Å². The van der Waals surface area contributed by atoms with Gasteiger partial charge in [-0.15, -0.1) is 0 Å². The van der Waals surface area contributed by atoms with Gasteiger partial charge in [0.25, 0.3) is 0 Å². The first-order valence-electron chi connectivity index (χ1n) is 8.93. The summed E-state index contributed by atoms with van der Waals surface area (Å²) in [5.41, 5.74) is 7.09. The van der Waals surface area contributed by atoms with Crippen LogP contribution in [0.15, 0.2) is 42.7 Å². The first kappa shape index (κ1) is 20.1. The molecule has 3 rings (SSSR count). The van der Waals surface area contributed by atoms with Crippen molar-refractivity contribution in [2.75, 3.05) is 10.6 Å². The number of hydrogen-bond donors (Lipinski definition) is 4. The molecule has 3 aromatic rings. The molecule has 1 atom stereocenters. The molecule has 0 unspecified atom stereocenters. The van der Waals surface area contributed by atoms with Gasteiger partial charge in [0.05, 0.1) is 11.7 Å². The summed E-state index contributed by atoms with van der Waals surface area (Å²) in [6.45, 7) is 3.66. The lowest BCUT2D eigenvalue weighted by Crippen LogP contribution is -2.81. The smallest absolute Gasteiger partial charge is 0.347 e. The second kappa shape index (κ2) is 8.59. The lowest BCUT2D eigenvalue weighted by molar-refractivity contribution is -0.481. The van der Waals surface area contributed by atoms with E-state index in [9.17, 15) is 14.8 Å². The van der Waals surface area contributed by atoms with E-state index < -0.39 is 17.9 Å². The van der Waals surface area contributed by atoms with Crippen LogP contribution >= 0.6 is 0 Å². The summed E-state index contributed by atoms with van der Waals surface area (Å²) in [4.78, 5) is 36.2. The zero-order chi connectivity index (χ0) is 21.0. The maximum absolute atomic E-state index is 12.0. The third kappa shape index (κ3) is 4.62. The van der Waals surface area contributed by atoms with E-state index in [1.165, 1.54) is 6.20 Å². The average Bonchev–Trinajstić information content (AvgIpc) is 2.71. The molecule has 2 aromatic heterocycles. The number of hydrogen-bond acceptors (Lipinski definition) is 8. The van der Waals surface area contributed by atoms with Gasteiger partial charge in [-0.1, -0.05) is 19.9 Å². The zero-order valence-electron chi connectivity index (χ0n) is 15.9. The highest BCUT2D eigenvalue weighted by Crippen LogP contribution is 2.23. The molecule has 29 heavy (non-hydrogen) atoms. The standard InChI is InChI=1S/C19H21N7O3/c1-10(2)15(16(20)27)24-19-22-9-13(18(28)26-29)17(25-19)23-12-5-6-14-11(8-12)4-3-7-21-14/h3-10,15H,26H2,1-2H3,(H2,20,27)(H2,22,23,24,25)/t15-/m1/s1. The van der Waals surface area contributed by atoms with Gasteiger partial charge in [-0.3, -0.25) is 9.78 Å². The van der Waals surface area contributed by atoms with Gasteiger partial charge in [0.1, 0.15) is 11.6 Å². The summed E-state index contributed by atoms with van der Waals surface area (Å²) in [6.07, 6.45) is 2.93. The molecular weight excluding hydrogens is 374 g/mol. The van der Waals surface area contributed by atoms with Crippen LogP contribution in [0.2, 0.25) is 0 Å². The van der Waals surface area contributed by atoms with Crippen molar-refractivity contribution >= 4 is 40.2 Å². The fourth-order valence-corrected chi connectivity index (χ4v) is 2.79. The van der Waals surface area contributed by atoms with Crippen LogP contribution in [0.25, 0.3) is 10.9 Å². The molecule has 0 aliphatic heterocycles. The molecule has 0 saturated carbocycles. The van der Waals surface area contributed by atoms with Crippen molar-refractivity contribution in [2.24, 2.45) is 11.7 Å². The largest absolute Gasteiger partial charge is 0.628 e. The number of carbonyl (C=O) groups is 2. The molecule has 2 amide bonds. The molecule has 0 bridgehead atoms.